The lowest BCUT2D eigenvalue weighted by Gasteiger charge is -2.12. The molecule has 0 aliphatic rings. The Bertz CT molecular complexity index is 376. The fraction of sp³-hybridized carbons (Fsp3) is 0.462. The summed E-state index contributed by atoms with van der Waals surface area (Å²) in [4.78, 5) is 12.1. The number of carbonyl (C=O) groups is 1. The van der Waals surface area contributed by atoms with Crippen molar-refractivity contribution in [1.82, 2.24) is 0 Å². The summed E-state index contributed by atoms with van der Waals surface area (Å²) in [6, 6.07) is 5.43. The molecule has 0 fully saturated rings. The zero-order chi connectivity index (χ0) is 12.1. The molecule has 0 aliphatic heterocycles. The van der Waals surface area contributed by atoms with Crippen molar-refractivity contribution in [2.24, 2.45) is 11.7 Å². The maximum absolute atomic E-state index is 12.1. The highest BCUT2D eigenvalue weighted by Gasteiger charge is 2.18. The van der Waals surface area contributed by atoms with E-state index in [1.165, 1.54) is 0 Å². The Morgan fingerprint density at radius 2 is 2.19 bits per heavy atom. The first kappa shape index (κ1) is 13.2. The van der Waals surface area contributed by atoms with Gasteiger partial charge in [0, 0.05) is 23.0 Å². The van der Waals surface area contributed by atoms with Crippen LogP contribution < -0.4 is 5.73 Å². The summed E-state index contributed by atoms with van der Waals surface area (Å²) in [5.74, 6) is 0.0232. The maximum Gasteiger partial charge on any atom is 0.167 e. The van der Waals surface area contributed by atoms with Gasteiger partial charge in [-0.2, -0.15) is 0 Å². The number of ketones is 1. The third-order valence-electron chi connectivity index (χ3n) is 2.75. The molecule has 0 heterocycles. The molecule has 1 rings (SSSR count). The second-order valence-corrected chi connectivity index (χ2v) is 4.46. The van der Waals surface area contributed by atoms with Crippen LogP contribution in [0.1, 0.15) is 35.7 Å². The van der Waals surface area contributed by atoms with Crippen molar-refractivity contribution in [3.05, 3.63) is 34.3 Å². The Kier molecular flexibility index (Phi) is 4.97. The van der Waals surface area contributed by atoms with Gasteiger partial charge in [-0.15, -0.1) is 0 Å². The number of hydrogen-bond donors (Lipinski definition) is 1. The number of nitrogens with two attached hydrogens (primary N) is 1. The van der Waals surface area contributed by atoms with E-state index in [0.29, 0.717) is 17.1 Å². The highest BCUT2D eigenvalue weighted by molar-refractivity contribution is 6.31. The van der Waals surface area contributed by atoms with Crippen LogP contribution in [0.5, 0.6) is 0 Å². The lowest BCUT2D eigenvalue weighted by molar-refractivity contribution is 0.0917. The van der Waals surface area contributed by atoms with E-state index in [1.54, 1.807) is 6.07 Å². The Labute approximate surface area is 102 Å². The Hall–Kier alpha value is -0.860. The average molecular weight is 240 g/mol. The first-order valence-electron chi connectivity index (χ1n) is 5.60. The summed E-state index contributed by atoms with van der Waals surface area (Å²) in [6.45, 7) is 4.37. The number of aryl methyl sites for hydroxylation is 1. The number of rotatable bonds is 5. The summed E-state index contributed by atoms with van der Waals surface area (Å²) >= 11 is 6.00. The molecule has 1 aromatic rings. The minimum absolute atomic E-state index is 0.0798. The third kappa shape index (κ3) is 3.06. The van der Waals surface area contributed by atoms with Crippen LogP contribution in [0.2, 0.25) is 5.02 Å². The fourth-order valence-corrected chi connectivity index (χ4v) is 1.87. The zero-order valence-electron chi connectivity index (χ0n) is 9.79. The van der Waals surface area contributed by atoms with Gasteiger partial charge in [-0.3, -0.25) is 4.79 Å². The van der Waals surface area contributed by atoms with Gasteiger partial charge in [0.25, 0.3) is 0 Å². The van der Waals surface area contributed by atoms with Crippen molar-refractivity contribution in [3.63, 3.8) is 0 Å². The molecule has 0 radical (unpaired) electrons. The largest absolute Gasteiger partial charge is 0.330 e. The smallest absolute Gasteiger partial charge is 0.167 e. The standard InChI is InChI=1S/C13H18ClNO/c1-3-4-11(8-15)13(16)10-6-5-9(2)12(14)7-10/h5-7,11H,3-4,8,15H2,1-2H3. The molecule has 0 spiro atoms. The predicted octanol–water partition coefficient (Wildman–Crippen LogP) is 3.21. The molecule has 1 atom stereocenters. The molecule has 0 amide bonds. The second kappa shape index (κ2) is 6.02. The molecule has 0 saturated heterocycles. The van der Waals surface area contributed by atoms with Crippen LogP contribution in [0.15, 0.2) is 18.2 Å². The van der Waals surface area contributed by atoms with Crippen LogP contribution in [-0.2, 0) is 0 Å². The van der Waals surface area contributed by atoms with Crippen molar-refractivity contribution >= 4 is 17.4 Å². The molecule has 16 heavy (non-hydrogen) atoms. The molecule has 0 aliphatic carbocycles. The topological polar surface area (TPSA) is 43.1 Å². The van der Waals surface area contributed by atoms with Crippen LogP contribution in [0.25, 0.3) is 0 Å². The Morgan fingerprint density at radius 1 is 1.50 bits per heavy atom. The SMILES string of the molecule is CCCC(CN)C(=O)c1ccc(C)c(Cl)c1. The van der Waals surface area contributed by atoms with E-state index in [9.17, 15) is 4.79 Å². The lowest BCUT2D eigenvalue weighted by Crippen LogP contribution is -2.23. The van der Waals surface area contributed by atoms with Gasteiger partial charge in [-0.05, 0) is 25.0 Å². The number of hydrogen-bond acceptors (Lipinski definition) is 2. The summed E-state index contributed by atoms with van der Waals surface area (Å²) in [7, 11) is 0. The van der Waals surface area contributed by atoms with Crippen LogP contribution in [0.3, 0.4) is 0 Å². The van der Waals surface area contributed by atoms with E-state index in [4.69, 9.17) is 17.3 Å². The van der Waals surface area contributed by atoms with Crippen molar-refractivity contribution < 1.29 is 4.79 Å². The zero-order valence-corrected chi connectivity index (χ0v) is 10.6. The van der Waals surface area contributed by atoms with Gasteiger partial charge in [0.15, 0.2) is 5.78 Å². The van der Waals surface area contributed by atoms with E-state index in [-0.39, 0.29) is 11.7 Å². The normalized spacial score (nSPS) is 12.5. The minimum atomic E-state index is -0.0798. The van der Waals surface area contributed by atoms with Crippen LogP contribution in [0, 0.1) is 12.8 Å². The first-order chi connectivity index (χ1) is 7.60. The molecule has 2 nitrogen and oxygen atoms in total. The van der Waals surface area contributed by atoms with Crippen molar-refractivity contribution in [2.75, 3.05) is 6.54 Å². The summed E-state index contributed by atoms with van der Waals surface area (Å²) < 4.78 is 0. The lowest BCUT2D eigenvalue weighted by atomic mass is 9.93. The molecule has 3 heteroatoms. The van der Waals surface area contributed by atoms with Crippen molar-refractivity contribution in [2.45, 2.75) is 26.7 Å². The van der Waals surface area contributed by atoms with Crippen molar-refractivity contribution in [1.29, 1.82) is 0 Å². The third-order valence-corrected chi connectivity index (χ3v) is 3.16. The van der Waals surface area contributed by atoms with Crippen molar-refractivity contribution in [3.8, 4) is 0 Å². The summed E-state index contributed by atoms with van der Waals surface area (Å²) in [6.07, 6.45) is 1.80. The fourth-order valence-electron chi connectivity index (χ4n) is 1.69. The van der Waals surface area contributed by atoms with E-state index in [0.717, 1.165) is 18.4 Å². The predicted molar refractivity (Wildman–Crippen MR) is 68.0 cm³/mol. The molecule has 2 N–H and O–H groups in total. The molecule has 0 aromatic heterocycles. The molecular weight excluding hydrogens is 222 g/mol. The second-order valence-electron chi connectivity index (χ2n) is 4.05. The van der Waals surface area contributed by atoms with Gasteiger partial charge in [0.05, 0.1) is 0 Å². The number of carbonyl (C=O) groups excluding carboxylic acids is 1. The molecule has 0 bridgehead atoms. The van der Waals surface area contributed by atoms with Gasteiger partial charge in [-0.1, -0.05) is 37.1 Å². The van der Waals surface area contributed by atoms with Gasteiger partial charge < -0.3 is 5.73 Å². The minimum Gasteiger partial charge on any atom is -0.330 e. The van der Waals surface area contributed by atoms with E-state index in [1.807, 2.05) is 19.1 Å². The number of Topliss-reactive ketones (excluding diaryl/α,β-unsaturated/α-hetero) is 1. The number of benzene rings is 1. The number of halogens is 1. The average Bonchev–Trinajstić information content (AvgIpc) is 2.28. The van der Waals surface area contributed by atoms with E-state index < -0.39 is 0 Å². The Morgan fingerprint density at radius 3 is 2.69 bits per heavy atom. The van der Waals surface area contributed by atoms with E-state index >= 15 is 0 Å². The van der Waals surface area contributed by atoms with Gasteiger partial charge >= 0.3 is 0 Å². The first-order valence-corrected chi connectivity index (χ1v) is 5.98. The monoisotopic (exact) mass is 239 g/mol. The van der Waals surface area contributed by atoms with Gasteiger partial charge in [0.2, 0.25) is 0 Å². The summed E-state index contributed by atoms with van der Waals surface area (Å²) in [5, 5.41) is 0.637. The summed E-state index contributed by atoms with van der Waals surface area (Å²) in [5.41, 5.74) is 7.26. The van der Waals surface area contributed by atoms with Crippen LogP contribution in [-0.4, -0.2) is 12.3 Å². The highest BCUT2D eigenvalue weighted by atomic mass is 35.5. The molecule has 0 saturated carbocycles. The molecular formula is C13H18ClNO. The van der Waals surface area contributed by atoms with Gasteiger partial charge in [-0.25, -0.2) is 0 Å². The molecule has 1 aromatic carbocycles. The van der Waals surface area contributed by atoms with E-state index in [2.05, 4.69) is 6.92 Å². The van der Waals surface area contributed by atoms with Crippen LogP contribution in [0.4, 0.5) is 0 Å². The Balaban J connectivity index is 2.90. The quantitative estimate of drug-likeness (QED) is 0.802. The van der Waals surface area contributed by atoms with Gasteiger partial charge in [0.1, 0.15) is 0 Å². The molecule has 1 unspecified atom stereocenters. The molecule has 88 valence electrons. The maximum atomic E-state index is 12.1. The van der Waals surface area contributed by atoms with Crippen LogP contribution >= 0.6 is 11.6 Å². The highest BCUT2D eigenvalue weighted by Crippen LogP contribution is 2.20.